The highest BCUT2D eigenvalue weighted by Gasteiger charge is 2.18. The number of aromatic nitrogens is 3. The number of nitrogens with zero attached hydrogens (tertiary/aromatic N) is 3. The number of para-hydroxylation sites is 1. The number of rotatable bonds is 6. The average molecular weight is 350 g/mol. The van der Waals surface area contributed by atoms with E-state index in [1.165, 1.54) is 0 Å². The lowest BCUT2D eigenvalue weighted by atomic mass is 10.2. The zero-order valence-electron chi connectivity index (χ0n) is 14.8. The van der Waals surface area contributed by atoms with Crippen LogP contribution in [0.15, 0.2) is 48.8 Å². The molecule has 134 valence electrons. The number of anilines is 1. The number of fused-ring (bicyclic) bond motifs is 1. The largest absolute Gasteiger partial charge is 0.379 e. The van der Waals surface area contributed by atoms with E-state index < -0.39 is 0 Å². The molecule has 1 saturated heterocycles. The fourth-order valence-electron chi connectivity index (χ4n) is 3.02. The molecule has 6 nitrogen and oxygen atoms in total. The standard InChI is InChI=1S/C20H22N4O2/c1-14(12-26-16-8-11-25-13-16)22-20-17-4-2-3-5-18(17)23-19(24-20)15-6-9-21-10-7-15/h2-7,9-10,14,16H,8,11-13H2,1H3,(H,22,23,24). The van der Waals surface area contributed by atoms with Gasteiger partial charge in [0, 0.05) is 36.0 Å². The van der Waals surface area contributed by atoms with Gasteiger partial charge in [-0.25, -0.2) is 9.97 Å². The van der Waals surface area contributed by atoms with Crippen LogP contribution < -0.4 is 5.32 Å². The number of nitrogens with one attached hydrogen (secondary N) is 1. The first-order valence-electron chi connectivity index (χ1n) is 8.92. The smallest absolute Gasteiger partial charge is 0.162 e. The Morgan fingerprint density at radius 3 is 2.85 bits per heavy atom. The highest BCUT2D eigenvalue weighted by molar-refractivity contribution is 5.90. The van der Waals surface area contributed by atoms with E-state index >= 15 is 0 Å². The van der Waals surface area contributed by atoms with E-state index in [9.17, 15) is 0 Å². The molecule has 0 spiro atoms. The van der Waals surface area contributed by atoms with Crippen molar-refractivity contribution in [1.82, 2.24) is 15.0 Å². The Hall–Kier alpha value is -2.57. The van der Waals surface area contributed by atoms with Gasteiger partial charge in [0.1, 0.15) is 5.82 Å². The maximum atomic E-state index is 5.92. The topological polar surface area (TPSA) is 69.2 Å². The maximum absolute atomic E-state index is 5.92. The molecule has 1 aromatic carbocycles. The van der Waals surface area contributed by atoms with Crippen molar-refractivity contribution in [3.8, 4) is 11.4 Å². The molecule has 26 heavy (non-hydrogen) atoms. The van der Waals surface area contributed by atoms with Gasteiger partial charge in [-0.15, -0.1) is 0 Å². The van der Waals surface area contributed by atoms with Crippen LogP contribution >= 0.6 is 0 Å². The maximum Gasteiger partial charge on any atom is 0.162 e. The molecule has 3 heterocycles. The summed E-state index contributed by atoms with van der Waals surface area (Å²) in [7, 11) is 0. The first kappa shape index (κ1) is 16.9. The molecule has 0 saturated carbocycles. The Kier molecular flexibility index (Phi) is 5.04. The Balaban J connectivity index is 1.58. The molecule has 0 aliphatic carbocycles. The van der Waals surface area contributed by atoms with Gasteiger partial charge in [-0.1, -0.05) is 12.1 Å². The van der Waals surface area contributed by atoms with Crippen molar-refractivity contribution in [2.45, 2.75) is 25.5 Å². The van der Waals surface area contributed by atoms with Crippen LogP contribution in [0.25, 0.3) is 22.3 Å². The fraction of sp³-hybridized carbons (Fsp3) is 0.350. The van der Waals surface area contributed by atoms with E-state index in [-0.39, 0.29) is 12.1 Å². The predicted molar refractivity (Wildman–Crippen MR) is 101 cm³/mol. The molecule has 0 bridgehead atoms. The van der Waals surface area contributed by atoms with Crippen molar-refractivity contribution in [1.29, 1.82) is 0 Å². The van der Waals surface area contributed by atoms with Gasteiger partial charge in [0.25, 0.3) is 0 Å². The van der Waals surface area contributed by atoms with Gasteiger partial charge in [-0.2, -0.15) is 0 Å². The van der Waals surface area contributed by atoms with Gasteiger partial charge >= 0.3 is 0 Å². The fourth-order valence-corrected chi connectivity index (χ4v) is 3.02. The minimum atomic E-state index is 0.124. The van der Waals surface area contributed by atoms with E-state index in [1.807, 2.05) is 36.4 Å². The highest BCUT2D eigenvalue weighted by atomic mass is 16.5. The summed E-state index contributed by atoms with van der Waals surface area (Å²) in [5, 5.41) is 4.49. The van der Waals surface area contributed by atoms with E-state index in [0.29, 0.717) is 19.0 Å². The van der Waals surface area contributed by atoms with Crippen LogP contribution in [-0.2, 0) is 9.47 Å². The Labute approximate surface area is 152 Å². The predicted octanol–water partition coefficient (Wildman–Crippen LogP) is 3.30. The lowest BCUT2D eigenvalue weighted by Crippen LogP contribution is -2.26. The van der Waals surface area contributed by atoms with Crippen molar-refractivity contribution in [2.24, 2.45) is 0 Å². The number of benzene rings is 1. The van der Waals surface area contributed by atoms with Crippen LogP contribution in [0.3, 0.4) is 0 Å². The molecule has 1 fully saturated rings. The summed E-state index contributed by atoms with van der Waals surface area (Å²) in [5.41, 5.74) is 1.86. The van der Waals surface area contributed by atoms with Gasteiger partial charge in [-0.05, 0) is 37.6 Å². The zero-order valence-corrected chi connectivity index (χ0v) is 14.8. The molecular formula is C20H22N4O2. The summed E-state index contributed by atoms with van der Waals surface area (Å²) < 4.78 is 11.3. The molecule has 4 rings (SSSR count). The van der Waals surface area contributed by atoms with Crippen LogP contribution in [0.4, 0.5) is 5.82 Å². The number of hydrogen-bond acceptors (Lipinski definition) is 6. The number of ether oxygens (including phenoxy) is 2. The molecule has 2 aromatic heterocycles. The van der Waals surface area contributed by atoms with Crippen molar-refractivity contribution < 1.29 is 9.47 Å². The molecule has 1 aliphatic heterocycles. The van der Waals surface area contributed by atoms with Crippen LogP contribution in [0.2, 0.25) is 0 Å². The first-order valence-corrected chi connectivity index (χ1v) is 8.92. The second kappa shape index (κ2) is 7.76. The minimum Gasteiger partial charge on any atom is -0.379 e. The average Bonchev–Trinajstić information content (AvgIpc) is 3.21. The highest BCUT2D eigenvalue weighted by Crippen LogP contribution is 2.25. The minimum absolute atomic E-state index is 0.124. The lowest BCUT2D eigenvalue weighted by Gasteiger charge is -2.19. The summed E-state index contributed by atoms with van der Waals surface area (Å²) in [6.07, 6.45) is 4.67. The molecular weight excluding hydrogens is 328 g/mol. The molecule has 1 N–H and O–H groups in total. The third-order valence-electron chi connectivity index (χ3n) is 4.39. The van der Waals surface area contributed by atoms with Gasteiger partial charge in [0.05, 0.1) is 24.8 Å². The number of pyridine rings is 1. The first-order chi connectivity index (χ1) is 12.8. The molecule has 1 aliphatic rings. The van der Waals surface area contributed by atoms with E-state index in [0.717, 1.165) is 35.3 Å². The van der Waals surface area contributed by atoms with Crippen LogP contribution in [-0.4, -0.2) is 46.9 Å². The van der Waals surface area contributed by atoms with Crippen molar-refractivity contribution in [3.63, 3.8) is 0 Å². The van der Waals surface area contributed by atoms with Crippen molar-refractivity contribution in [3.05, 3.63) is 48.8 Å². The van der Waals surface area contributed by atoms with Gasteiger partial charge < -0.3 is 14.8 Å². The Morgan fingerprint density at radius 2 is 2.04 bits per heavy atom. The zero-order chi connectivity index (χ0) is 17.8. The summed E-state index contributed by atoms with van der Waals surface area (Å²) in [6, 6.07) is 12.0. The summed E-state index contributed by atoms with van der Waals surface area (Å²) in [4.78, 5) is 13.5. The molecule has 2 atom stereocenters. The van der Waals surface area contributed by atoms with Gasteiger partial charge in [0.2, 0.25) is 0 Å². The lowest BCUT2D eigenvalue weighted by molar-refractivity contribution is 0.0395. The molecule has 2 unspecified atom stereocenters. The van der Waals surface area contributed by atoms with Crippen molar-refractivity contribution in [2.75, 3.05) is 25.1 Å². The second-order valence-corrected chi connectivity index (χ2v) is 6.51. The molecule has 0 radical (unpaired) electrons. The molecule has 0 amide bonds. The van der Waals surface area contributed by atoms with Crippen LogP contribution in [0.5, 0.6) is 0 Å². The molecule has 6 heteroatoms. The summed E-state index contributed by atoms with van der Waals surface area (Å²) >= 11 is 0. The Morgan fingerprint density at radius 1 is 1.19 bits per heavy atom. The monoisotopic (exact) mass is 350 g/mol. The Bertz CT molecular complexity index is 866. The normalized spacial score (nSPS) is 18.1. The van der Waals surface area contributed by atoms with Gasteiger partial charge in [-0.3, -0.25) is 4.98 Å². The van der Waals surface area contributed by atoms with E-state index in [1.54, 1.807) is 12.4 Å². The summed E-state index contributed by atoms with van der Waals surface area (Å²) in [5.74, 6) is 1.51. The van der Waals surface area contributed by atoms with Crippen LogP contribution in [0.1, 0.15) is 13.3 Å². The van der Waals surface area contributed by atoms with Crippen molar-refractivity contribution >= 4 is 16.7 Å². The van der Waals surface area contributed by atoms with Gasteiger partial charge in [0.15, 0.2) is 5.82 Å². The third kappa shape index (κ3) is 3.81. The van der Waals surface area contributed by atoms with Crippen LogP contribution in [0, 0.1) is 0 Å². The summed E-state index contributed by atoms with van der Waals surface area (Å²) in [6.45, 7) is 4.18. The third-order valence-corrected chi connectivity index (χ3v) is 4.39. The van der Waals surface area contributed by atoms with E-state index in [4.69, 9.17) is 19.4 Å². The van der Waals surface area contributed by atoms with E-state index in [2.05, 4.69) is 17.2 Å². The SMILES string of the molecule is CC(COC1CCOC1)Nc1nc(-c2ccncc2)nc2ccccc12. The number of hydrogen-bond donors (Lipinski definition) is 1. The quantitative estimate of drug-likeness (QED) is 0.736. The molecule has 3 aromatic rings. The second-order valence-electron chi connectivity index (χ2n) is 6.51.